The summed E-state index contributed by atoms with van der Waals surface area (Å²) in [5, 5.41) is 0. The van der Waals surface area contributed by atoms with Crippen molar-refractivity contribution in [2.24, 2.45) is 5.73 Å². The van der Waals surface area contributed by atoms with Gasteiger partial charge in [0.1, 0.15) is 0 Å². The second-order valence-electron chi connectivity index (χ2n) is 4.50. The van der Waals surface area contributed by atoms with Gasteiger partial charge in [-0.1, -0.05) is 33.1 Å². The maximum absolute atomic E-state index is 6.19. The lowest BCUT2D eigenvalue weighted by Crippen LogP contribution is -2.49. The Bertz CT molecular complexity index is 147. The van der Waals surface area contributed by atoms with Gasteiger partial charge < -0.3 is 5.73 Å². The van der Waals surface area contributed by atoms with Crippen molar-refractivity contribution in [3.63, 3.8) is 0 Å². The lowest BCUT2D eigenvalue weighted by Gasteiger charge is -2.37. The molecule has 14 heavy (non-hydrogen) atoms. The Morgan fingerprint density at radius 3 is 2.50 bits per heavy atom. The van der Waals surface area contributed by atoms with E-state index in [2.05, 4.69) is 18.7 Å². The fourth-order valence-electron chi connectivity index (χ4n) is 2.51. The molecule has 0 heterocycles. The SMILES string of the molecule is CCCCN(CC)C1CCCCC1N. The largest absolute Gasteiger partial charge is 0.326 e. The fourth-order valence-corrected chi connectivity index (χ4v) is 2.51. The van der Waals surface area contributed by atoms with Crippen LogP contribution in [0, 0.1) is 0 Å². The van der Waals surface area contributed by atoms with Crippen LogP contribution >= 0.6 is 0 Å². The molecular formula is C12H26N2. The number of unbranched alkanes of at least 4 members (excludes halogenated alkanes) is 1. The van der Waals surface area contributed by atoms with Crippen LogP contribution in [0.5, 0.6) is 0 Å². The van der Waals surface area contributed by atoms with E-state index in [1.54, 1.807) is 0 Å². The van der Waals surface area contributed by atoms with Crippen LogP contribution in [0.4, 0.5) is 0 Å². The van der Waals surface area contributed by atoms with Gasteiger partial charge in [0.05, 0.1) is 0 Å². The molecule has 0 bridgehead atoms. The zero-order valence-electron chi connectivity index (χ0n) is 9.84. The number of rotatable bonds is 5. The van der Waals surface area contributed by atoms with Crippen LogP contribution in [0.2, 0.25) is 0 Å². The van der Waals surface area contributed by atoms with Crippen molar-refractivity contribution in [3.8, 4) is 0 Å². The molecule has 0 amide bonds. The fraction of sp³-hybridized carbons (Fsp3) is 1.00. The molecule has 2 heteroatoms. The number of hydrogen-bond donors (Lipinski definition) is 1. The molecule has 1 saturated carbocycles. The van der Waals surface area contributed by atoms with Crippen molar-refractivity contribution in [1.29, 1.82) is 0 Å². The van der Waals surface area contributed by atoms with E-state index in [0.717, 1.165) is 0 Å². The van der Waals surface area contributed by atoms with E-state index >= 15 is 0 Å². The van der Waals surface area contributed by atoms with Crippen molar-refractivity contribution >= 4 is 0 Å². The molecular weight excluding hydrogens is 172 g/mol. The molecule has 0 radical (unpaired) electrons. The molecule has 2 nitrogen and oxygen atoms in total. The third-order valence-electron chi connectivity index (χ3n) is 3.46. The zero-order chi connectivity index (χ0) is 10.4. The molecule has 0 aliphatic heterocycles. The molecule has 0 aromatic heterocycles. The highest BCUT2D eigenvalue weighted by Gasteiger charge is 2.25. The lowest BCUT2D eigenvalue weighted by molar-refractivity contribution is 0.142. The van der Waals surface area contributed by atoms with Gasteiger partial charge in [-0.3, -0.25) is 4.90 Å². The number of likely N-dealkylation sites (N-methyl/N-ethyl adjacent to an activating group) is 1. The second kappa shape index (κ2) is 6.41. The quantitative estimate of drug-likeness (QED) is 0.735. The summed E-state index contributed by atoms with van der Waals surface area (Å²) in [6.45, 7) is 6.93. The highest BCUT2D eigenvalue weighted by Crippen LogP contribution is 2.22. The van der Waals surface area contributed by atoms with Crippen LogP contribution in [0.15, 0.2) is 0 Å². The molecule has 1 aliphatic carbocycles. The topological polar surface area (TPSA) is 29.3 Å². The number of nitrogens with zero attached hydrogens (tertiary/aromatic N) is 1. The van der Waals surface area contributed by atoms with E-state index in [4.69, 9.17) is 5.73 Å². The van der Waals surface area contributed by atoms with Crippen molar-refractivity contribution in [2.45, 2.75) is 64.5 Å². The lowest BCUT2D eigenvalue weighted by atomic mass is 9.89. The highest BCUT2D eigenvalue weighted by molar-refractivity contribution is 4.85. The van der Waals surface area contributed by atoms with Crippen LogP contribution in [-0.4, -0.2) is 30.1 Å². The van der Waals surface area contributed by atoms with E-state index in [9.17, 15) is 0 Å². The predicted octanol–water partition coefficient (Wildman–Crippen LogP) is 2.38. The summed E-state index contributed by atoms with van der Waals surface area (Å²) in [6, 6.07) is 1.10. The standard InChI is InChI=1S/C12H26N2/c1-3-5-10-14(4-2)12-9-7-6-8-11(12)13/h11-12H,3-10,13H2,1-2H3. The van der Waals surface area contributed by atoms with Gasteiger partial charge in [-0.05, 0) is 32.4 Å². The van der Waals surface area contributed by atoms with Gasteiger partial charge in [0.25, 0.3) is 0 Å². The van der Waals surface area contributed by atoms with E-state index in [1.807, 2.05) is 0 Å². The maximum Gasteiger partial charge on any atom is 0.0247 e. The highest BCUT2D eigenvalue weighted by atomic mass is 15.2. The summed E-state index contributed by atoms with van der Waals surface area (Å²) in [5.74, 6) is 0. The summed E-state index contributed by atoms with van der Waals surface area (Å²) in [6.07, 6.45) is 7.87. The molecule has 2 unspecified atom stereocenters. The third-order valence-corrected chi connectivity index (χ3v) is 3.46. The van der Waals surface area contributed by atoms with E-state index in [-0.39, 0.29) is 0 Å². The Hall–Kier alpha value is -0.0800. The Kier molecular flexibility index (Phi) is 5.49. The molecule has 0 saturated heterocycles. The monoisotopic (exact) mass is 198 g/mol. The first kappa shape index (κ1) is 12.0. The Morgan fingerprint density at radius 2 is 1.93 bits per heavy atom. The second-order valence-corrected chi connectivity index (χ2v) is 4.50. The summed E-state index contributed by atoms with van der Waals surface area (Å²) >= 11 is 0. The van der Waals surface area contributed by atoms with Gasteiger partial charge in [-0.25, -0.2) is 0 Å². The average molecular weight is 198 g/mol. The Balaban J connectivity index is 2.40. The first-order valence-electron chi connectivity index (χ1n) is 6.29. The van der Waals surface area contributed by atoms with Gasteiger partial charge in [-0.2, -0.15) is 0 Å². The minimum Gasteiger partial charge on any atom is -0.326 e. The van der Waals surface area contributed by atoms with Gasteiger partial charge in [0, 0.05) is 12.1 Å². The first-order valence-corrected chi connectivity index (χ1v) is 6.29. The molecule has 2 N–H and O–H groups in total. The Morgan fingerprint density at radius 1 is 1.21 bits per heavy atom. The van der Waals surface area contributed by atoms with Crippen molar-refractivity contribution in [1.82, 2.24) is 4.90 Å². The molecule has 2 atom stereocenters. The molecule has 0 aromatic carbocycles. The molecule has 1 aliphatic rings. The number of hydrogen-bond acceptors (Lipinski definition) is 2. The van der Waals surface area contributed by atoms with Crippen molar-refractivity contribution in [2.75, 3.05) is 13.1 Å². The zero-order valence-corrected chi connectivity index (χ0v) is 9.84. The summed E-state index contributed by atoms with van der Waals surface area (Å²) in [5.41, 5.74) is 6.19. The summed E-state index contributed by atoms with van der Waals surface area (Å²) < 4.78 is 0. The molecule has 1 rings (SSSR count). The molecule has 84 valence electrons. The van der Waals surface area contributed by atoms with E-state index < -0.39 is 0 Å². The minimum absolute atomic E-state index is 0.431. The van der Waals surface area contributed by atoms with Crippen molar-refractivity contribution in [3.05, 3.63) is 0 Å². The summed E-state index contributed by atoms with van der Waals surface area (Å²) in [4.78, 5) is 2.59. The van der Waals surface area contributed by atoms with E-state index in [1.165, 1.54) is 51.6 Å². The smallest absolute Gasteiger partial charge is 0.0247 e. The van der Waals surface area contributed by atoms with Gasteiger partial charge in [0.2, 0.25) is 0 Å². The van der Waals surface area contributed by atoms with Crippen LogP contribution in [0.25, 0.3) is 0 Å². The predicted molar refractivity (Wildman–Crippen MR) is 62.4 cm³/mol. The van der Waals surface area contributed by atoms with Gasteiger partial charge in [0.15, 0.2) is 0 Å². The third kappa shape index (κ3) is 3.25. The molecule has 0 aromatic rings. The number of nitrogens with two attached hydrogens (primary N) is 1. The normalized spacial score (nSPS) is 28.3. The molecule has 0 spiro atoms. The summed E-state index contributed by atoms with van der Waals surface area (Å²) in [7, 11) is 0. The van der Waals surface area contributed by atoms with Gasteiger partial charge >= 0.3 is 0 Å². The van der Waals surface area contributed by atoms with E-state index in [0.29, 0.717) is 12.1 Å². The Labute approximate surface area is 88.8 Å². The van der Waals surface area contributed by atoms with Crippen LogP contribution in [0.3, 0.4) is 0 Å². The minimum atomic E-state index is 0.431. The average Bonchev–Trinajstić information content (AvgIpc) is 2.21. The van der Waals surface area contributed by atoms with Crippen LogP contribution in [-0.2, 0) is 0 Å². The van der Waals surface area contributed by atoms with Crippen LogP contribution < -0.4 is 5.73 Å². The molecule has 1 fully saturated rings. The van der Waals surface area contributed by atoms with Crippen LogP contribution in [0.1, 0.15) is 52.4 Å². The maximum atomic E-state index is 6.19. The van der Waals surface area contributed by atoms with Gasteiger partial charge in [-0.15, -0.1) is 0 Å². The van der Waals surface area contributed by atoms with Crippen molar-refractivity contribution < 1.29 is 0 Å². The first-order chi connectivity index (χ1) is 6.79.